The van der Waals surface area contributed by atoms with E-state index in [2.05, 4.69) is 25.7 Å². The van der Waals surface area contributed by atoms with E-state index in [1.165, 1.54) is 16.4 Å². The van der Waals surface area contributed by atoms with Gasteiger partial charge in [0.2, 0.25) is 15.9 Å². The van der Waals surface area contributed by atoms with Gasteiger partial charge in [0, 0.05) is 57.8 Å². The lowest BCUT2D eigenvalue weighted by Gasteiger charge is -2.35. The molecule has 1 saturated heterocycles. The van der Waals surface area contributed by atoms with E-state index in [-0.39, 0.29) is 16.2 Å². The van der Waals surface area contributed by atoms with Crippen LogP contribution in [0, 0.1) is 11.2 Å². The topological polar surface area (TPSA) is 70.2 Å². The lowest BCUT2D eigenvalue weighted by molar-refractivity contribution is -0.132. The molecule has 1 fully saturated rings. The molecule has 37 heavy (non-hydrogen) atoms. The van der Waals surface area contributed by atoms with Crippen molar-refractivity contribution in [1.82, 2.24) is 14.1 Å². The molecule has 1 aliphatic heterocycles. The minimum absolute atomic E-state index is 0.0923. The number of hydrogen-bond acceptors (Lipinski definition) is 5. The summed E-state index contributed by atoms with van der Waals surface area (Å²) in [5.74, 6) is 0.404. The van der Waals surface area contributed by atoms with Gasteiger partial charge in [-0.15, -0.1) is 0 Å². The maximum atomic E-state index is 13.2. The number of benzene rings is 2. The van der Waals surface area contributed by atoms with Crippen molar-refractivity contribution in [2.45, 2.75) is 32.1 Å². The van der Waals surface area contributed by atoms with Gasteiger partial charge in [-0.05, 0) is 35.7 Å². The van der Waals surface area contributed by atoms with E-state index in [0.29, 0.717) is 52.2 Å². The SMILES string of the molecule is COc1ccccc1/C=C/CN(CCN1CCN(S(=O)(=O)c2ccc(F)cc2)CC1)C(=O)CC(C)(C)C. The fourth-order valence-corrected chi connectivity index (χ4v) is 5.63. The van der Waals surface area contributed by atoms with Gasteiger partial charge in [-0.3, -0.25) is 9.69 Å². The molecule has 0 spiro atoms. The van der Waals surface area contributed by atoms with Gasteiger partial charge in [0.1, 0.15) is 11.6 Å². The second-order valence-corrected chi connectivity index (χ2v) is 12.4. The van der Waals surface area contributed by atoms with Crippen LogP contribution in [0.1, 0.15) is 32.8 Å². The molecule has 0 N–H and O–H groups in total. The standard InChI is InChI=1S/C28H38FN3O4S/c1-28(2,3)22-27(33)31(15-7-9-23-8-5-6-10-26(23)36-4)19-16-30-17-20-32(21-18-30)37(34,35)25-13-11-24(29)12-14-25/h5-14H,15-22H2,1-4H3/b9-7+. The van der Waals surface area contributed by atoms with Crippen LogP contribution < -0.4 is 4.74 Å². The van der Waals surface area contributed by atoms with E-state index in [4.69, 9.17) is 4.74 Å². The number of carbonyl (C=O) groups excluding carboxylic acids is 1. The van der Waals surface area contributed by atoms with Gasteiger partial charge in [-0.2, -0.15) is 4.31 Å². The van der Waals surface area contributed by atoms with Crippen molar-refractivity contribution in [2.24, 2.45) is 5.41 Å². The predicted molar refractivity (Wildman–Crippen MR) is 144 cm³/mol. The predicted octanol–water partition coefficient (Wildman–Crippen LogP) is 4.12. The monoisotopic (exact) mass is 531 g/mol. The van der Waals surface area contributed by atoms with Crippen LogP contribution in [-0.4, -0.2) is 81.4 Å². The van der Waals surface area contributed by atoms with Crippen LogP contribution in [0.3, 0.4) is 0 Å². The first-order chi connectivity index (χ1) is 17.5. The second kappa shape index (κ2) is 12.7. The van der Waals surface area contributed by atoms with Crippen LogP contribution in [0.5, 0.6) is 5.75 Å². The van der Waals surface area contributed by atoms with Crippen molar-refractivity contribution in [1.29, 1.82) is 0 Å². The largest absolute Gasteiger partial charge is 0.496 e. The quantitative estimate of drug-likeness (QED) is 0.461. The normalized spacial score (nSPS) is 15.7. The maximum Gasteiger partial charge on any atom is 0.243 e. The summed E-state index contributed by atoms with van der Waals surface area (Å²) in [6.45, 7) is 9.67. The zero-order chi connectivity index (χ0) is 27.1. The Bertz CT molecular complexity index is 1170. The van der Waals surface area contributed by atoms with E-state index in [1.54, 1.807) is 7.11 Å². The number of methoxy groups -OCH3 is 1. The van der Waals surface area contributed by atoms with E-state index >= 15 is 0 Å². The lowest BCUT2D eigenvalue weighted by atomic mass is 9.91. The Hall–Kier alpha value is -2.75. The molecule has 0 bridgehead atoms. The third kappa shape index (κ3) is 8.38. The molecule has 1 amide bonds. The first-order valence-corrected chi connectivity index (χ1v) is 14.0. The molecule has 0 atom stereocenters. The average molecular weight is 532 g/mol. The number of para-hydroxylation sites is 1. The Balaban J connectivity index is 1.59. The van der Waals surface area contributed by atoms with E-state index < -0.39 is 15.8 Å². The summed E-state index contributed by atoms with van der Waals surface area (Å²) in [6.07, 6.45) is 4.39. The highest BCUT2D eigenvalue weighted by Crippen LogP contribution is 2.22. The minimum Gasteiger partial charge on any atom is -0.496 e. The fourth-order valence-electron chi connectivity index (χ4n) is 4.21. The minimum atomic E-state index is -3.66. The Morgan fingerprint density at radius 3 is 2.32 bits per heavy atom. The maximum absolute atomic E-state index is 13.2. The van der Waals surface area contributed by atoms with Gasteiger partial charge < -0.3 is 9.64 Å². The second-order valence-electron chi connectivity index (χ2n) is 10.4. The van der Waals surface area contributed by atoms with Gasteiger partial charge in [0.15, 0.2) is 0 Å². The van der Waals surface area contributed by atoms with Crippen LogP contribution >= 0.6 is 0 Å². The number of piperazine rings is 1. The molecule has 9 heteroatoms. The molecule has 0 aromatic heterocycles. The molecule has 202 valence electrons. The van der Waals surface area contributed by atoms with Crippen LogP contribution in [0.4, 0.5) is 4.39 Å². The number of amides is 1. The van der Waals surface area contributed by atoms with Gasteiger partial charge >= 0.3 is 0 Å². The number of ether oxygens (including phenoxy) is 1. The third-order valence-electron chi connectivity index (χ3n) is 6.27. The average Bonchev–Trinajstić information content (AvgIpc) is 2.85. The molecule has 1 heterocycles. The van der Waals surface area contributed by atoms with Crippen LogP contribution in [-0.2, 0) is 14.8 Å². The van der Waals surface area contributed by atoms with Gasteiger partial charge in [-0.25, -0.2) is 12.8 Å². The van der Waals surface area contributed by atoms with Crippen molar-refractivity contribution in [3.05, 3.63) is 66.0 Å². The summed E-state index contributed by atoms with van der Waals surface area (Å²) >= 11 is 0. The number of hydrogen-bond donors (Lipinski definition) is 0. The van der Waals surface area contributed by atoms with Crippen LogP contribution in [0.25, 0.3) is 6.08 Å². The Morgan fingerprint density at radius 2 is 1.70 bits per heavy atom. The smallest absolute Gasteiger partial charge is 0.243 e. The number of carbonyl (C=O) groups is 1. The zero-order valence-electron chi connectivity index (χ0n) is 22.2. The van der Waals surface area contributed by atoms with E-state index in [0.717, 1.165) is 23.4 Å². The Labute approximate surface area is 220 Å². The zero-order valence-corrected chi connectivity index (χ0v) is 23.0. The summed E-state index contributed by atoms with van der Waals surface area (Å²) in [4.78, 5) is 17.2. The molecule has 0 unspecified atom stereocenters. The van der Waals surface area contributed by atoms with Gasteiger partial charge in [0.25, 0.3) is 0 Å². The highest BCUT2D eigenvalue weighted by atomic mass is 32.2. The molecule has 0 aliphatic carbocycles. The van der Waals surface area contributed by atoms with Crippen LogP contribution in [0.2, 0.25) is 0 Å². The fraction of sp³-hybridized carbons (Fsp3) is 0.464. The van der Waals surface area contributed by atoms with Crippen molar-refractivity contribution < 1.29 is 22.3 Å². The van der Waals surface area contributed by atoms with Crippen molar-refractivity contribution >= 4 is 22.0 Å². The summed E-state index contributed by atoms with van der Waals surface area (Å²) in [7, 11) is -2.02. The van der Waals surface area contributed by atoms with Gasteiger partial charge in [-0.1, -0.05) is 51.1 Å². The molecule has 0 saturated carbocycles. The summed E-state index contributed by atoms with van der Waals surface area (Å²) in [6, 6.07) is 12.7. The lowest BCUT2D eigenvalue weighted by Crippen LogP contribution is -2.50. The number of halogens is 1. The molecule has 2 aromatic rings. The van der Waals surface area contributed by atoms with E-state index in [9.17, 15) is 17.6 Å². The highest BCUT2D eigenvalue weighted by Gasteiger charge is 2.29. The molecular weight excluding hydrogens is 493 g/mol. The number of nitrogens with zero attached hydrogens (tertiary/aromatic N) is 3. The van der Waals surface area contributed by atoms with Crippen molar-refractivity contribution in [3.8, 4) is 5.75 Å². The summed E-state index contributed by atoms with van der Waals surface area (Å²) < 4.78 is 45.8. The molecule has 3 rings (SSSR count). The third-order valence-corrected chi connectivity index (χ3v) is 8.18. The number of sulfonamides is 1. The molecule has 2 aromatic carbocycles. The molecule has 1 aliphatic rings. The molecule has 0 radical (unpaired) electrons. The van der Waals surface area contributed by atoms with Gasteiger partial charge in [0.05, 0.1) is 12.0 Å². The van der Waals surface area contributed by atoms with E-state index in [1.807, 2.05) is 41.3 Å². The summed E-state index contributed by atoms with van der Waals surface area (Å²) in [5.41, 5.74) is 0.828. The number of rotatable bonds is 10. The molecule has 7 nitrogen and oxygen atoms in total. The highest BCUT2D eigenvalue weighted by molar-refractivity contribution is 7.89. The Morgan fingerprint density at radius 1 is 1.05 bits per heavy atom. The van der Waals surface area contributed by atoms with Crippen molar-refractivity contribution in [3.63, 3.8) is 0 Å². The first kappa shape index (κ1) is 28.8. The first-order valence-electron chi connectivity index (χ1n) is 12.5. The summed E-state index contributed by atoms with van der Waals surface area (Å²) in [5, 5.41) is 0. The molecular formula is C28H38FN3O4S. The Kier molecular flexibility index (Phi) is 9.87. The van der Waals surface area contributed by atoms with Crippen LogP contribution in [0.15, 0.2) is 59.5 Å². The van der Waals surface area contributed by atoms with Crippen molar-refractivity contribution in [2.75, 3.05) is 52.9 Å².